The third-order valence-corrected chi connectivity index (χ3v) is 5.09. The minimum Gasteiger partial charge on any atom is -0.380 e. The highest BCUT2D eigenvalue weighted by atomic mass is 35.5. The van der Waals surface area contributed by atoms with E-state index in [1.54, 1.807) is 18.2 Å². The lowest BCUT2D eigenvalue weighted by molar-refractivity contribution is 0.100. The van der Waals surface area contributed by atoms with Crippen molar-refractivity contribution in [2.24, 2.45) is 11.1 Å². The number of amides is 1. The number of carbonyl (C=O) groups is 1. The molecule has 0 spiro atoms. The van der Waals surface area contributed by atoms with Gasteiger partial charge >= 0.3 is 0 Å². The van der Waals surface area contributed by atoms with Crippen LogP contribution in [0.3, 0.4) is 0 Å². The van der Waals surface area contributed by atoms with Crippen LogP contribution < -0.4 is 11.1 Å². The summed E-state index contributed by atoms with van der Waals surface area (Å²) in [5, 5.41) is 4.10. The van der Waals surface area contributed by atoms with E-state index in [0.29, 0.717) is 16.6 Å². The second kappa shape index (κ2) is 5.63. The van der Waals surface area contributed by atoms with Crippen LogP contribution in [-0.4, -0.2) is 23.5 Å². The molecule has 0 aromatic heterocycles. The Morgan fingerprint density at radius 1 is 1.53 bits per heavy atom. The average molecular weight is 299 g/mol. The van der Waals surface area contributed by atoms with Crippen molar-refractivity contribution >= 4 is 35.0 Å². The highest BCUT2D eigenvalue weighted by molar-refractivity contribution is 7.99. The van der Waals surface area contributed by atoms with Crippen LogP contribution in [0.4, 0.5) is 5.69 Å². The molecule has 1 aliphatic heterocycles. The Morgan fingerprint density at radius 2 is 2.26 bits per heavy atom. The molecular weight excluding hydrogens is 280 g/mol. The van der Waals surface area contributed by atoms with Gasteiger partial charge in [-0.15, -0.1) is 0 Å². The molecule has 5 heteroatoms. The summed E-state index contributed by atoms with van der Waals surface area (Å²) in [7, 11) is 0. The Kier molecular flexibility index (Phi) is 4.31. The Hall–Kier alpha value is -0.870. The third-order valence-electron chi connectivity index (χ3n) is 3.70. The molecule has 0 aliphatic carbocycles. The molecule has 1 unspecified atom stereocenters. The van der Waals surface area contributed by atoms with E-state index in [2.05, 4.69) is 19.2 Å². The van der Waals surface area contributed by atoms with Crippen molar-refractivity contribution < 1.29 is 4.79 Å². The van der Waals surface area contributed by atoms with Crippen molar-refractivity contribution in [3.05, 3.63) is 28.8 Å². The third kappa shape index (κ3) is 3.37. The van der Waals surface area contributed by atoms with E-state index in [0.717, 1.165) is 11.4 Å². The molecule has 1 amide bonds. The number of thioether (sulfide) groups is 1. The normalized spacial score (nSPS) is 21.9. The largest absolute Gasteiger partial charge is 0.380 e. The van der Waals surface area contributed by atoms with Gasteiger partial charge in [-0.05, 0) is 35.8 Å². The second-order valence-corrected chi connectivity index (χ2v) is 7.13. The maximum absolute atomic E-state index is 11.2. The average Bonchev–Trinajstić information content (AvgIpc) is 2.34. The lowest BCUT2D eigenvalue weighted by Gasteiger charge is -2.39. The quantitative estimate of drug-likeness (QED) is 0.899. The van der Waals surface area contributed by atoms with E-state index >= 15 is 0 Å². The van der Waals surface area contributed by atoms with Crippen molar-refractivity contribution in [3.8, 4) is 0 Å². The van der Waals surface area contributed by atoms with Gasteiger partial charge in [-0.25, -0.2) is 0 Å². The molecule has 19 heavy (non-hydrogen) atoms. The molecule has 0 saturated carbocycles. The van der Waals surface area contributed by atoms with Crippen molar-refractivity contribution in [3.63, 3.8) is 0 Å². The summed E-state index contributed by atoms with van der Waals surface area (Å²) < 4.78 is 0. The minimum absolute atomic E-state index is 0.220. The molecule has 104 valence electrons. The number of benzene rings is 1. The number of carbonyl (C=O) groups excluding carboxylic acids is 1. The summed E-state index contributed by atoms with van der Waals surface area (Å²) in [6, 6.07) is 5.44. The van der Waals surface area contributed by atoms with E-state index in [1.165, 1.54) is 12.2 Å². The molecule has 3 nitrogen and oxygen atoms in total. The van der Waals surface area contributed by atoms with Crippen LogP contribution in [0.25, 0.3) is 0 Å². The molecule has 1 atom stereocenters. The van der Waals surface area contributed by atoms with Crippen molar-refractivity contribution in [2.75, 3.05) is 16.8 Å². The molecule has 3 N–H and O–H groups in total. The molecule has 1 fully saturated rings. The molecule has 1 aromatic rings. The monoisotopic (exact) mass is 298 g/mol. The number of halogens is 1. The van der Waals surface area contributed by atoms with E-state index in [-0.39, 0.29) is 5.41 Å². The van der Waals surface area contributed by atoms with Crippen LogP contribution in [0.5, 0.6) is 0 Å². The number of primary amides is 1. The topological polar surface area (TPSA) is 55.1 Å². The SMILES string of the molecule is CC1(C)CCSCC1Nc1cc(C(N)=O)ccc1Cl. The van der Waals surface area contributed by atoms with Gasteiger partial charge in [0, 0.05) is 17.4 Å². The summed E-state index contributed by atoms with van der Waals surface area (Å²) >= 11 is 8.14. The predicted octanol–water partition coefficient (Wildman–Crippen LogP) is 3.38. The van der Waals surface area contributed by atoms with Gasteiger partial charge < -0.3 is 11.1 Å². The van der Waals surface area contributed by atoms with Crippen molar-refractivity contribution in [1.82, 2.24) is 0 Å². The van der Waals surface area contributed by atoms with E-state index in [9.17, 15) is 4.79 Å². The second-order valence-electron chi connectivity index (χ2n) is 5.57. The zero-order valence-corrected chi connectivity index (χ0v) is 12.8. The summed E-state index contributed by atoms with van der Waals surface area (Å²) in [4.78, 5) is 11.2. The van der Waals surface area contributed by atoms with Gasteiger partial charge in [0.15, 0.2) is 0 Å². The summed E-state index contributed by atoms with van der Waals surface area (Å²) in [6.07, 6.45) is 1.17. The van der Waals surface area contributed by atoms with E-state index in [4.69, 9.17) is 17.3 Å². The number of nitrogens with one attached hydrogen (secondary N) is 1. The van der Waals surface area contributed by atoms with E-state index < -0.39 is 5.91 Å². The lowest BCUT2D eigenvalue weighted by Crippen LogP contribution is -2.41. The lowest BCUT2D eigenvalue weighted by atomic mass is 9.82. The first kappa shape index (κ1) is 14.5. The summed E-state index contributed by atoms with van der Waals surface area (Å²) in [5.74, 6) is 1.81. The van der Waals surface area contributed by atoms with Gasteiger partial charge in [-0.3, -0.25) is 4.79 Å². The Balaban J connectivity index is 2.22. The van der Waals surface area contributed by atoms with Crippen LogP contribution in [0, 0.1) is 5.41 Å². The first-order valence-electron chi connectivity index (χ1n) is 6.34. The van der Waals surface area contributed by atoms with Crippen LogP contribution >= 0.6 is 23.4 Å². The smallest absolute Gasteiger partial charge is 0.248 e. The standard InChI is InChI=1S/C14H19ClN2OS/c1-14(2)5-6-19-8-12(14)17-11-7-9(13(16)18)3-4-10(11)15/h3-4,7,12,17H,5-6,8H2,1-2H3,(H2,16,18). The number of anilines is 1. The Morgan fingerprint density at radius 3 is 2.89 bits per heavy atom. The molecule has 1 heterocycles. The first-order valence-corrected chi connectivity index (χ1v) is 7.87. The van der Waals surface area contributed by atoms with Crippen molar-refractivity contribution in [1.29, 1.82) is 0 Å². The van der Waals surface area contributed by atoms with Gasteiger partial charge in [0.25, 0.3) is 0 Å². The number of rotatable bonds is 3. The van der Waals surface area contributed by atoms with Gasteiger partial charge in [0.1, 0.15) is 0 Å². The molecule has 2 rings (SSSR count). The Bertz CT molecular complexity index is 490. The maximum atomic E-state index is 11.2. The number of hydrogen-bond donors (Lipinski definition) is 2. The highest BCUT2D eigenvalue weighted by Crippen LogP contribution is 2.37. The van der Waals surface area contributed by atoms with Gasteiger partial charge in [0.05, 0.1) is 10.7 Å². The minimum atomic E-state index is -0.433. The van der Waals surface area contributed by atoms with Crippen molar-refractivity contribution in [2.45, 2.75) is 26.3 Å². The maximum Gasteiger partial charge on any atom is 0.248 e. The molecule has 1 saturated heterocycles. The molecule has 1 aliphatic rings. The summed E-state index contributed by atoms with van der Waals surface area (Å²) in [5.41, 5.74) is 6.79. The molecular formula is C14H19ClN2OS. The van der Waals surface area contributed by atoms with Gasteiger partial charge in [-0.1, -0.05) is 25.4 Å². The zero-order chi connectivity index (χ0) is 14.0. The van der Waals surface area contributed by atoms with Gasteiger partial charge in [0.2, 0.25) is 5.91 Å². The number of hydrogen-bond acceptors (Lipinski definition) is 3. The van der Waals surface area contributed by atoms with Crippen LogP contribution in [0.2, 0.25) is 5.02 Å². The highest BCUT2D eigenvalue weighted by Gasteiger charge is 2.32. The van der Waals surface area contributed by atoms with Crippen LogP contribution in [-0.2, 0) is 0 Å². The van der Waals surface area contributed by atoms with Gasteiger partial charge in [-0.2, -0.15) is 11.8 Å². The molecule has 1 aromatic carbocycles. The fraction of sp³-hybridized carbons (Fsp3) is 0.500. The molecule has 0 bridgehead atoms. The molecule has 0 radical (unpaired) electrons. The fourth-order valence-corrected chi connectivity index (χ4v) is 3.93. The fourth-order valence-electron chi connectivity index (χ4n) is 2.15. The van der Waals surface area contributed by atoms with Crippen LogP contribution in [0.1, 0.15) is 30.6 Å². The zero-order valence-electron chi connectivity index (χ0n) is 11.2. The van der Waals surface area contributed by atoms with E-state index in [1.807, 2.05) is 11.8 Å². The number of nitrogens with two attached hydrogens (primary N) is 1. The Labute approximate surface area is 123 Å². The van der Waals surface area contributed by atoms with Crippen LogP contribution in [0.15, 0.2) is 18.2 Å². The summed E-state index contributed by atoms with van der Waals surface area (Å²) in [6.45, 7) is 4.52. The first-order chi connectivity index (χ1) is 8.90. The predicted molar refractivity (Wildman–Crippen MR) is 83.1 cm³/mol.